The fourth-order valence-electron chi connectivity index (χ4n) is 2.28. The third-order valence-corrected chi connectivity index (χ3v) is 3.97. The molecule has 0 spiro atoms. The van der Waals surface area contributed by atoms with Crippen LogP contribution in [0.25, 0.3) is 0 Å². The van der Waals surface area contributed by atoms with Gasteiger partial charge in [-0.1, -0.05) is 6.07 Å². The molecule has 0 aromatic carbocycles. The molecule has 1 saturated heterocycles. The Kier molecular flexibility index (Phi) is 3.96. The van der Waals surface area contributed by atoms with Gasteiger partial charge in [0.25, 0.3) is 5.91 Å². The van der Waals surface area contributed by atoms with E-state index in [9.17, 15) is 4.79 Å². The van der Waals surface area contributed by atoms with E-state index in [4.69, 9.17) is 5.73 Å². The normalized spacial score (nSPS) is 21.1. The van der Waals surface area contributed by atoms with Crippen LogP contribution in [0.15, 0.2) is 17.5 Å². The molecule has 1 amide bonds. The molecule has 1 aliphatic heterocycles. The Labute approximate surface area is 100 Å². The van der Waals surface area contributed by atoms with Crippen LogP contribution in [-0.4, -0.2) is 30.4 Å². The largest absolute Gasteiger partial charge is 0.338 e. The fraction of sp³-hybridized carbons (Fsp3) is 0.583. The van der Waals surface area contributed by atoms with Gasteiger partial charge in [-0.15, -0.1) is 11.3 Å². The lowest BCUT2D eigenvalue weighted by Gasteiger charge is -2.32. The SMILES string of the molecule is NCCC1CCCN(C(=O)c2cccs2)C1. The molecule has 16 heavy (non-hydrogen) atoms. The summed E-state index contributed by atoms with van der Waals surface area (Å²) in [6, 6.07) is 3.83. The number of piperidine rings is 1. The summed E-state index contributed by atoms with van der Waals surface area (Å²) in [6.07, 6.45) is 3.36. The van der Waals surface area contributed by atoms with Crippen molar-refractivity contribution in [1.82, 2.24) is 4.90 Å². The van der Waals surface area contributed by atoms with Gasteiger partial charge in [0.15, 0.2) is 0 Å². The first kappa shape index (κ1) is 11.6. The van der Waals surface area contributed by atoms with Gasteiger partial charge in [0, 0.05) is 13.1 Å². The van der Waals surface area contributed by atoms with E-state index in [1.165, 1.54) is 17.8 Å². The topological polar surface area (TPSA) is 46.3 Å². The zero-order valence-corrected chi connectivity index (χ0v) is 10.2. The molecule has 2 rings (SSSR count). The second kappa shape index (κ2) is 5.46. The Bertz CT molecular complexity index is 335. The second-order valence-electron chi connectivity index (χ2n) is 4.31. The van der Waals surface area contributed by atoms with Crippen molar-refractivity contribution in [2.45, 2.75) is 19.3 Å². The molecule has 3 nitrogen and oxygen atoms in total. The fourth-order valence-corrected chi connectivity index (χ4v) is 2.97. The van der Waals surface area contributed by atoms with E-state index >= 15 is 0 Å². The van der Waals surface area contributed by atoms with Crippen LogP contribution < -0.4 is 5.73 Å². The Morgan fingerprint density at radius 3 is 3.19 bits per heavy atom. The van der Waals surface area contributed by atoms with Crippen LogP contribution in [0.4, 0.5) is 0 Å². The molecular weight excluding hydrogens is 220 g/mol. The highest BCUT2D eigenvalue weighted by Crippen LogP contribution is 2.22. The first-order valence-electron chi connectivity index (χ1n) is 5.84. The van der Waals surface area contributed by atoms with Gasteiger partial charge in [-0.3, -0.25) is 4.79 Å². The third kappa shape index (κ3) is 2.62. The summed E-state index contributed by atoms with van der Waals surface area (Å²) in [5.41, 5.74) is 5.57. The van der Waals surface area contributed by atoms with Gasteiger partial charge in [0.1, 0.15) is 0 Å². The maximum atomic E-state index is 12.1. The highest BCUT2D eigenvalue weighted by atomic mass is 32.1. The molecule has 1 atom stereocenters. The van der Waals surface area contributed by atoms with Crippen LogP contribution >= 0.6 is 11.3 Å². The lowest BCUT2D eigenvalue weighted by Crippen LogP contribution is -2.40. The van der Waals surface area contributed by atoms with E-state index in [1.807, 2.05) is 22.4 Å². The average molecular weight is 238 g/mol. The maximum absolute atomic E-state index is 12.1. The summed E-state index contributed by atoms with van der Waals surface area (Å²) >= 11 is 1.52. The Morgan fingerprint density at radius 1 is 1.62 bits per heavy atom. The van der Waals surface area contributed by atoms with Gasteiger partial charge in [0.2, 0.25) is 0 Å². The molecule has 2 heterocycles. The summed E-state index contributed by atoms with van der Waals surface area (Å²) < 4.78 is 0. The van der Waals surface area contributed by atoms with Crippen LogP contribution in [0.1, 0.15) is 28.9 Å². The molecule has 1 fully saturated rings. The van der Waals surface area contributed by atoms with Gasteiger partial charge in [0.05, 0.1) is 4.88 Å². The molecule has 0 bridgehead atoms. The van der Waals surface area contributed by atoms with Crippen molar-refractivity contribution >= 4 is 17.2 Å². The van der Waals surface area contributed by atoms with Crippen molar-refractivity contribution in [3.8, 4) is 0 Å². The highest BCUT2D eigenvalue weighted by Gasteiger charge is 2.24. The monoisotopic (exact) mass is 238 g/mol. The zero-order chi connectivity index (χ0) is 11.4. The van der Waals surface area contributed by atoms with Crippen molar-refractivity contribution in [1.29, 1.82) is 0 Å². The van der Waals surface area contributed by atoms with Gasteiger partial charge in [-0.05, 0) is 43.2 Å². The van der Waals surface area contributed by atoms with Crippen LogP contribution in [0.3, 0.4) is 0 Å². The number of carbonyl (C=O) groups excluding carboxylic acids is 1. The van der Waals surface area contributed by atoms with E-state index in [0.29, 0.717) is 5.92 Å². The number of amides is 1. The number of nitrogens with zero attached hydrogens (tertiary/aromatic N) is 1. The van der Waals surface area contributed by atoms with Crippen LogP contribution in [0.5, 0.6) is 0 Å². The standard InChI is InChI=1S/C12H18N2OS/c13-6-5-10-3-1-7-14(9-10)12(15)11-4-2-8-16-11/h2,4,8,10H,1,3,5-7,9,13H2. The molecule has 4 heteroatoms. The van der Waals surface area contributed by atoms with E-state index in [-0.39, 0.29) is 5.91 Å². The number of rotatable bonds is 3. The molecule has 1 aromatic rings. The average Bonchev–Trinajstić information content (AvgIpc) is 2.82. The molecule has 1 aromatic heterocycles. The van der Waals surface area contributed by atoms with Crippen molar-refractivity contribution in [3.63, 3.8) is 0 Å². The number of thiophene rings is 1. The number of carbonyl (C=O) groups is 1. The second-order valence-corrected chi connectivity index (χ2v) is 5.26. The maximum Gasteiger partial charge on any atom is 0.263 e. The molecule has 0 aliphatic carbocycles. The van der Waals surface area contributed by atoms with Crippen LogP contribution in [0, 0.1) is 5.92 Å². The van der Waals surface area contributed by atoms with Gasteiger partial charge < -0.3 is 10.6 Å². The quantitative estimate of drug-likeness (QED) is 0.875. The molecule has 88 valence electrons. The van der Waals surface area contributed by atoms with Crippen molar-refractivity contribution in [3.05, 3.63) is 22.4 Å². The summed E-state index contributed by atoms with van der Waals surface area (Å²) in [7, 11) is 0. The summed E-state index contributed by atoms with van der Waals surface area (Å²) in [4.78, 5) is 15.0. The van der Waals surface area contributed by atoms with Gasteiger partial charge in [-0.25, -0.2) is 0 Å². The molecule has 2 N–H and O–H groups in total. The minimum Gasteiger partial charge on any atom is -0.338 e. The van der Waals surface area contributed by atoms with Crippen LogP contribution in [0.2, 0.25) is 0 Å². The first-order chi connectivity index (χ1) is 7.81. The molecule has 1 aliphatic rings. The van der Waals surface area contributed by atoms with Crippen molar-refractivity contribution in [2.24, 2.45) is 11.7 Å². The summed E-state index contributed by atoms with van der Waals surface area (Å²) in [6.45, 7) is 2.51. The summed E-state index contributed by atoms with van der Waals surface area (Å²) in [5.74, 6) is 0.791. The van der Waals surface area contributed by atoms with Crippen molar-refractivity contribution < 1.29 is 4.79 Å². The van der Waals surface area contributed by atoms with Gasteiger partial charge in [-0.2, -0.15) is 0 Å². The lowest BCUT2D eigenvalue weighted by atomic mass is 9.95. The Hall–Kier alpha value is -0.870. The number of hydrogen-bond donors (Lipinski definition) is 1. The zero-order valence-electron chi connectivity index (χ0n) is 9.39. The Morgan fingerprint density at radius 2 is 2.50 bits per heavy atom. The number of likely N-dealkylation sites (tertiary alicyclic amines) is 1. The van der Waals surface area contributed by atoms with E-state index in [1.54, 1.807) is 0 Å². The number of nitrogens with two attached hydrogens (primary N) is 1. The van der Waals surface area contributed by atoms with Crippen molar-refractivity contribution in [2.75, 3.05) is 19.6 Å². The minimum atomic E-state index is 0.191. The smallest absolute Gasteiger partial charge is 0.263 e. The van der Waals surface area contributed by atoms with E-state index < -0.39 is 0 Å². The van der Waals surface area contributed by atoms with E-state index in [0.717, 1.165) is 37.4 Å². The summed E-state index contributed by atoms with van der Waals surface area (Å²) in [5, 5.41) is 1.95. The first-order valence-corrected chi connectivity index (χ1v) is 6.72. The predicted octanol–water partition coefficient (Wildman–Crippen LogP) is 1.95. The molecule has 0 radical (unpaired) electrons. The van der Waals surface area contributed by atoms with Crippen LogP contribution in [-0.2, 0) is 0 Å². The Balaban J connectivity index is 1.96. The highest BCUT2D eigenvalue weighted by molar-refractivity contribution is 7.12. The molecule has 0 saturated carbocycles. The molecular formula is C12H18N2OS. The predicted molar refractivity (Wildman–Crippen MR) is 66.6 cm³/mol. The third-order valence-electron chi connectivity index (χ3n) is 3.11. The van der Waals surface area contributed by atoms with E-state index in [2.05, 4.69) is 0 Å². The van der Waals surface area contributed by atoms with Gasteiger partial charge >= 0.3 is 0 Å². The lowest BCUT2D eigenvalue weighted by molar-refractivity contribution is 0.0674. The molecule has 1 unspecified atom stereocenters. The number of hydrogen-bond acceptors (Lipinski definition) is 3. The minimum absolute atomic E-state index is 0.191.